The van der Waals surface area contributed by atoms with E-state index in [-0.39, 0.29) is 23.8 Å². The number of aryl methyl sites for hydroxylation is 1. The second kappa shape index (κ2) is 15.0. The molecule has 0 heterocycles. The van der Waals surface area contributed by atoms with Crippen molar-refractivity contribution in [3.05, 3.63) is 41.0 Å². The smallest absolute Gasteiger partial charge is 0.224 e. The predicted octanol–water partition coefficient (Wildman–Crippen LogP) is 6.51. The Morgan fingerprint density at radius 2 is 2.03 bits per heavy atom. The number of hydrogen-bond donors (Lipinski definition) is 1. The molecule has 172 valence electrons. The molecule has 2 atom stereocenters. The predicted molar refractivity (Wildman–Crippen MR) is 130 cm³/mol. The van der Waals surface area contributed by atoms with Gasteiger partial charge in [-0.25, -0.2) is 0 Å². The van der Waals surface area contributed by atoms with E-state index >= 15 is 0 Å². The highest BCUT2D eigenvalue weighted by molar-refractivity contribution is 6.23. The first-order valence-electron chi connectivity index (χ1n) is 10.5. The molecule has 31 heavy (non-hydrogen) atoms. The first-order chi connectivity index (χ1) is 14.8. The van der Waals surface area contributed by atoms with Gasteiger partial charge >= 0.3 is 0 Å². The largest absolute Gasteiger partial charge is 0.391 e. The van der Waals surface area contributed by atoms with Gasteiger partial charge < -0.3 is 10.2 Å². The second-order valence-electron chi connectivity index (χ2n) is 7.61. The molecule has 0 spiro atoms. The number of nitrogens with zero attached hydrogens (tertiary/aromatic N) is 3. The third-order valence-electron chi connectivity index (χ3n) is 4.88. The lowest BCUT2D eigenvalue weighted by Crippen LogP contribution is -2.17. The van der Waals surface area contributed by atoms with E-state index < -0.39 is 0 Å². The van der Waals surface area contributed by atoms with Gasteiger partial charge in [0.25, 0.3) is 0 Å². The molecule has 0 aromatic heterocycles. The van der Waals surface area contributed by atoms with E-state index in [2.05, 4.69) is 20.7 Å². The zero-order chi connectivity index (χ0) is 23.2. The maximum atomic E-state index is 12.5. The van der Waals surface area contributed by atoms with Gasteiger partial charge in [-0.3, -0.25) is 4.79 Å². The minimum absolute atomic E-state index is 0.0290. The van der Waals surface area contributed by atoms with Crippen LogP contribution in [0.2, 0.25) is 0 Å². The van der Waals surface area contributed by atoms with Gasteiger partial charge in [0.2, 0.25) is 5.91 Å². The number of anilines is 1. The normalized spacial score (nSPS) is 14.5. The quantitative estimate of drug-likeness (QED) is 0.155. The summed E-state index contributed by atoms with van der Waals surface area (Å²) >= 11 is 11.9. The molecular formula is C23H34Cl2N4O2. The minimum atomic E-state index is -0.131. The highest BCUT2D eigenvalue weighted by Crippen LogP contribution is 2.22. The van der Waals surface area contributed by atoms with E-state index in [4.69, 9.17) is 28.0 Å². The third-order valence-corrected chi connectivity index (χ3v) is 5.44. The van der Waals surface area contributed by atoms with E-state index in [9.17, 15) is 4.79 Å². The van der Waals surface area contributed by atoms with Crippen LogP contribution in [0.25, 0.3) is 0 Å². The van der Waals surface area contributed by atoms with Crippen molar-refractivity contribution in [2.45, 2.75) is 58.9 Å². The number of halogens is 2. The molecule has 0 aliphatic carbocycles. The molecule has 2 unspecified atom stereocenters. The summed E-state index contributed by atoms with van der Waals surface area (Å²) in [5, 5.41) is 14.8. The molecule has 0 radical (unpaired) electrons. The lowest BCUT2D eigenvalue weighted by Gasteiger charge is -2.15. The summed E-state index contributed by atoms with van der Waals surface area (Å²) < 4.78 is 0. The lowest BCUT2D eigenvalue weighted by atomic mass is 10.0. The number of hydrogen-bond acceptors (Lipinski definition) is 5. The second-order valence-corrected chi connectivity index (χ2v) is 8.54. The van der Waals surface area contributed by atoms with Crippen LogP contribution < -0.4 is 5.32 Å². The molecule has 1 amide bonds. The summed E-state index contributed by atoms with van der Waals surface area (Å²) in [5.41, 5.74) is 4.36. The van der Waals surface area contributed by atoms with Crippen LogP contribution in [-0.2, 0) is 16.2 Å². The summed E-state index contributed by atoms with van der Waals surface area (Å²) in [6, 6.07) is 5.78. The maximum Gasteiger partial charge on any atom is 0.224 e. The molecule has 1 aromatic carbocycles. The molecule has 1 rings (SSSR count). The van der Waals surface area contributed by atoms with E-state index in [0.717, 1.165) is 34.5 Å². The van der Waals surface area contributed by atoms with Crippen LogP contribution in [0.3, 0.4) is 0 Å². The highest BCUT2D eigenvalue weighted by Gasteiger charge is 2.13. The van der Waals surface area contributed by atoms with E-state index in [1.165, 1.54) is 0 Å². The average molecular weight is 469 g/mol. The molecule has 8 heteroatoms. The van der Waals surface area contributed by atoms with Crippen molar-refractivity contribution < 1.29 is 9.63 Å². The number of amides is 1. The van der Waals surface area contributed by atoms with Crippen molar-refractivity contribution in [1.29, 1.82) is 0 Å². The van der Waals surface area contributed by atoms with Crippen molar-refractivity contribution in [1.82, 2.24) is 0 Å². The van der Waals surface area contributed by atoms with Gasteiger partial charge in [0.1, 0.15) is 6.61 Å². The number of carbonyl (C=O) groups is 1. The summed E-state index contributed by atoms with van der Waals surface area (Å²) in [4.78, 5) is 18.1. The number of benzene rings is 1. The molecule has 0 bridgehead atoms. The third kappa shape index (κ3) is 10.8. The molecule has 1 N–H and O–H groups in total. The Kier molecular flexibility index (Phi) is 13.1. The number of rotatable bonds is 13. The zero-order valence-corrected chi connectivity index (χ0v) is 20.6. The molecule has 0 aliphatic heterocycles. The summed E-state index contributed by atoms with van der Waals surface area (Å²) in [6.45, 7) is 8.72. The van der Waals surface area contributed by atoms with Crippen molar-refractivity contribution in [3.8, 4) is 0 Å². The molecule has 0 saturated heterocycles. The van der Waals surface area contributed by atoms with Crippen molar-refractivity contribution in [2.24, 2.45) is 21.3 Å². The Morgan fingerprint density at radius 1 is 1.29 bits per heavy atom. The Labute approximate surface area is 196 Å². The van der Waals surface area contributed by atoms with Gasteiger partial charge in [-0.15, -0.1) is 23.2 Å². The van der Waals surface area contributed by atoms with Crippen LogP contribution in [0.1, 0.15) is 51.2 Å². The topological polar surface area (TPSA) is 75.4 Å². The first kappa shape index (κ1) is 27.1. The number of carbonyl (C=O) groups excluding carboxylic acids is 1. The molecule has 0 fully saturated rings. The maximum absolute atomic E-state index is 12.5. The van der Waals surface area contributed by atoms with Gasteiger partial charge in [-0.2, -0.15) is 10.2 Å². The number of alkyl halides is 2. The van der Waals surface area contributed by atoms with Crippen molar-refractivity contribution in [3.63, 3.8) is 0 Å². The van der Waals surface area contributed by atoms with Crippen LogP contribution in [0.15, 0.2) is 45.2 Å². The lowest BCUT2D eigenvalue weighted by molar-refractivity contribution is -0.117. The van der Waals surface area contributed by atoms with Crippen LogP contribution in [0, 0.1) is 12.8 Å². The van der Waals surface area contributed by atoms with Crippen LogP contribution in [0.4, 0.5) is 5.69 Å². The summed E-state index contributed by atoms with van der Waals surface area (Å²) in [7, 11) is 1.65. The van der Waals surface area contributed by atoms with Gasteiger partial charge in [-0.1, -0.05) is 30.3 Å². The minimum Gasteiger partial charge on any atom is -0.391 e. The molecule has 0 saturated carbocycles. The standard InChI is InChI=1S/C23H34Cl2N4O2/c1-16(10-12-27-26-5)13-23(30)28-22-8-6-7-17(2)21(22)15-31-29-19(4)18(3)14-20(25)9-11-24/h6-8,14,16,20H,9-13,15H2,1-5H3,(H,28,30)/b18-14+,27-26-,29-19?. The van der Waals surface area contributed by atoms with Crippen LogP contribution in [0.5, 0.6) is 0 Å². The monoisotopic (exact) mass is 468 g/mol. The molecular weight excluding hydrogens is 435 g/mol. The number of nitrogens with one attached hydrogen (secondary N) is 1. The van der Waals surface area contributed by atoms with Gasteiger partial charge in [-0.05, 0) is 56.7 Å². The Balaban J connectivity index is 2.75. The van der Waals surface area contributed by atoms with Gasteiger partial charge in [0.05, 0.1) is 17.6 Å². The van der Waals surface area contributed by atoms with E-state index in [0.29, 0.717) is 25.3 Å². The number of oxime groups is 1. The van der Waals surface area contributed by atoms with Crippen LogP contribution in [-0.4, -0.2) is 36.5 Å². The van der Waals surface area contributed by atoms with Crippen LogP contribution >= 0.6 is 23.2 Å². The molecule has 1 aromatic rings. The van der Waals surface area contributed by atoms with Crippen molar-refractivity contribution >= 4 is 40.5 Å². The Hall–Kier alpha value is -1.92. The molecule has 0 aliphatic rings. The molecule has 6 nitrogen and oxygen atoms in total. The Morgan fingerprint density at radius 3 is 2.71 bits per heavy atom. The number of allylic oxidation sites excluding steroid dienone is 2. The SMILES string of the molecule is C/N=N\CCC(C)CC(=O)Nc1cccc(C)c1CON=C(C)/C(C)=C/C(Cl)CCCl. The fourth-order valence-electron chi connectivity index (χ4n) is 2.85. The number of azo groups is 1. The highest BCUT2D eigenvalue weighted by atomic mass is 35.5. The summed E-state index contributed by atoms with van der Waals surface area (Å²) in [6.07, 6.45) is 3.87. The first-order valence-corrected chi connectivity index (χ1v) is 11.4. The fourth-order valence-corrected chi connectivity index (χ4v) is 3.50. The Bertz CT molecular complexity index is 794. The average Bonchev–Trinajstić information content (AvgIpc) is 2.70. The fraction of sp³-hybridized carbons (Fsp3) is 0.565. The van der Waals surface area contributed by atoms with Gasteiger partial charge in [0, 0.05) is 30.6 Å². The van der Waals surface area contributed by atoms with Gasteiger partial charge in [0.15, 0.2) is 0 Å². The van der Waals surface area contributed by atoms with E-state index in [1.54, 1.807) is 7.05 Å². The zero-order valence-electron chi connectivity index (χ0n) is 19.1. The summed E-state index contributed by atoms with van der Waals surface area (Å²) in [5.74, 6) is 0.704. The van der Waals surface area contributed by atoms with Crippen molar-refractivity contribution in [2.75, 3.05) is 24.8 Å². The van der Waals surface area contributed by atoms with E-state index in [1.807, 2.05) is 52.0 Å².